The largest absolute Gasteiger partial charge is 0.396 e. The number of carbonyl (C=O) groups is 1. The quantitative estimate of drug-likeness (QED) is 0.739. The molecule has 0 aliphatic rings. The number of aryl methyl sites for hydroxylation is 1. The molecule has 100 valence electrons. The second-order valence-electron chi connectivity index (χ2n) is 4.40. The third-order valence-electron chi connectivity index (χ3n) is 2.78. The minimum atomic E-state index is -0.345. The van der Waals surface area contributed by atoms with Crippen LogP contribution in [0.4, 0.5) is 0 Å². The van der Waals surface area contributed by atoms with Gasteiger partial charge in [0.1, 0.15) is 5.56 Å². The van der Waals surface area contributed by atoms with Crippen molar-refractivity contribution in [3.05, 3.63) is 33.7 Å². The van der Waals surface area contributed by atoms with Gasteiger partial charge in [0.05, 0.1) is 0 Å². The molecule has 0 aromatic carbocycles. The standard InChI is InChI=1S/C13H20N2O3/c1-10-6-7-11(12(17)14-10)13(18)15(2)8-4-3-5-9-16/h6-7,16H,3-5,8-9H2,1-2H3,(H,14,17). The fourth-order valence-electron chi connectivity index (χ4n) is 1.69. The van der Waals surface area contributed by atoms with Crippen molar-refractivity contribution >= 4 is 5.91 Å². The third kappa shape index (κ3) is 4.00. The molecule has 1 heterocycles. The van der Waals surface area contributed by atoms with E-state index in [-0.39, 0.29) is 23.6 Å². The molecule has 0 aliphatic carbocycles. The van der Waals surface area contributed by atoms with Gasteiger partial charge in [-0.1, -0.05) is 0 Å². The lowest BCUT2D eigenvalue weighted by molar-refractivity contribution is 0.0790. The molecular weight excluding hydrogens is 232 g/mol. The lowest BCUT2D eigenvalue weighted by atomic mass is 10.2. The molecule has 0 saturated carbocycles. The molecule has 0 bridgehead atoms. The average molecular weight is 252 g/mol. The predicted molar refractivity (Wildman–Crippen MR) is 69.7 cm³/mol. The number of hydrogen-bond acceptors (Lipinski definition) is 3. The smallest absolute Gasteiger partial charge is 0.260 e. The summed E-state index contributed by atoms with van der Waals surface area (Å²) in [6.45, 7) is 2.54. The number of H-pyrrole nitrogens is 1. The number of aliphatic hydroxyl groups excluding tert-OH is 1. The Morgan fingerprint density at radius 2 is 2.06 bits per heavy atom. The lowest BCUT2D eigenvalue weighted by Gasteiger charge is -2.16. The zero-order valence-corrected chi connectivity index (χ0v) is 10.9. The van der Waals surface area contributed by atoms with Gasteiger partial charge in [0.25, 0.3) is 11.5 Å². The molecule has 0 unspecified atom stereocenters. The van der Waals surface area contributed by atoms with Crippen LogP contribution in [-0.2, 0) is 0 Å². The van der Waals surface area contributed by atoms with Gasteiger partial charge >= 0.3 is 0 Å². The van der Waals surface area contributed by atoms with Crippen LogP contribution in [0.25, 0.3) is 0 Å². The maximum absolute atomic E-state index is 12.0. The summed E-state index contributed by atoms with van der Waals surface area (Å²) in [6, 6.07) is 3.27. The Hall–Kier alpha value is -1.62. The van der Waals surface area contributed by atoms with Gasteiger partial charge in [0.15, 0.2) is 0 Å². The number of aliphatic hydroxyl groups is 1. The zero-order chi connectivity index (χ0) is 13.5. The van der Waals surface area contributed by atoms with Crippen molar-refractivity contribution in [1.82, 2.24) is 9.88 Å². The van der Waals surface area contributed by atoms with Gasteiger partial charge in [0, 0.05) is 25.9 Å². The Balaban J connectivity index is 2.60. The summed E-state index contributed by atoms with van der Waals surface area (Å²) >= 11 is 0. The minimum Gasteiger partial charge on any atom is -0.396 e. The highest BCUT2D eigenvalue weighted by atomic mass is 16.3. The molecule has 0 saturated heterocycles. The number of hydrogen-bond donors (Lipinski definition) is 2. The fraction of sp³-hybridized carbons (Fsp3) is 0.538. The van der Waals surface area contributed by atoms with Crippen molar-refractivity contribution in [3.63, 3.8) is 0 Å². The number of rotatable bonds is 6. The van der Waals surface area contributed by atoms with Gasteiger partial charge in [-0.3, -0.25) is 9.59 Å². The molecule has 1 aromatic rings. The van der Waals surface area contributed by atoms with Crippen LogP contribution in [0.5, 0.6) is 0 Å². The number of aromatic amines is 1. The highest BCUT2D eigenvalue weighted by molar-refractivity contribution is 5.93. The van der Waals surface area contributed by atoms with E-state index in [1.807, 2.05) is 0 Å². The topological polar surface area (TPSA) is 73.4 Å². The second-order valence-corrected chi connectivity index (χ2v) is 4.40. The van der Waals surface area contributed by atoms with Crippen LogP contribution >= 0.6 is 0 Å². The third-order valence-corrected chi connectivity index (χ3v) is 2.78. The summed E-state index contributed by atoms with van der Waals surface area (Å²) in [4.78, 5) is 27.8. The first-order chi connectivity index (χ1) is 8.56. The van der Waals surface area contributed by atoms with Crippen LogP contribution < -0.4 is 5.56 Å². The SMILES string of the molecule is Cc1ccc(C(=O)N(C)CCCCCO)c(=O)[nH]1. The molecule has 0 fully saturated rings. The number of aromatic nitrogens is 1. The van der Waals surface area contributed by atoms with Crippen molar-refractivity contribution in [2.45, 2.75) is 26.2 Å². The lowest BCUT2D eigenvalue weighted by Crippen LogP contribution is -2.32. The van der Waals surface area contributed by atoms with E-state index >= 15 is 0 Å². The van der Waals surface area contributed by atoms with Crippen molar-refractivity contribution in [2.24, 2.45) is 0 Å². The van der Waals surface area contributed by atoms with Gasteiger partial charge in [0.2, 0.25) is 0 Å². The van der Waals surface area contributed by atoms with E-state index in [0.29, 0.717) is 6.54 Å². The number of pyridine rings is 1. The molecule has 1 amide bonds. The van der Waals surface area contributed by atoms with E-state index in [9.17, 15) is 9.59 Å². The maximum Gasteiger partial charge on any atom is 0.260 e. The van der Waals surface area contributed by atoms with Crippen LogP contribution in [0.1, 0.15) is 35.3 Å². The van der Waals surface area contributed by atoms with E-state index in [0.717, 1.165) is 25.0 Å². The molecular formula is C13H20N2O3. The van der Waals surface area contributed by atoms with Crippen LogP contribution in [0.3, 0.4) is 0 Å². The summed E-state index contributed by atoms with van der Waals surface area (Å²) in [5, 5.41) is 8.66. The van der Waals surface area contributed by atoms with Crippen LogP contribution in [0.15, 0.2) is 16.9 Å². The molecule has 1 rings (SSSR count). The van der Waals surface area contributed by atoms with Crippen molar-refractivity contribution in [1.29, 1.82) is 0 Å². The Morgan fingerprint density at radius 3 is 2.67 bits per heavy atom. The zero-order valence-electron chi connectivity index (χ0n) is 10.9. The number of nitrogens with zero attached hydrogens (tertiary/aromatic N) is 1. The first-order valence-electron chi connectivity index (χ1n) is 6.12. The van der Waals surface area contributed by atoms with E-state index in [1.165, 1.54) is 4.90 Å². The summed E-state index contributed by atoms with van der Waals surface area (Å²) in [6.07, 6.45) is 2.44. The first kappa shape index (κ1) is 14.4. The normalized spacial score (nSPS) is 10.4. The van der Waals surface area contributed by atoms with Gasteiger partial charge in [-0.2, -0.15) is 0 Å². The molecule has 2 N–H and O–H groups in total. The van der Waals surface area contributed by atoms with Crippen molar-refractivity contribution < 1.29 is 9.90 Å². The van der Waals surface area contributed by atoms with E-state index < -0.39 is 0 Å². The maximum atomic E-state index is 12.0. The highest BCUT2D eigenvalue weighted by Crippen LogP contribution is 2.02. The van der Waals surface area contributed by atoms with Gasteiger partial charge in [-0.15, -0.1) is 0 Å². The molecule has 0 aliphatic heterocycles. The van der Waals surface area contributed by atoms with Gasteiger partial charge < -0.3 is 15.0 Å². The molecule has 0 radical (unpaired) electrons. The van der Waals surface area contributed by atoms with E-state index in [4.69, 9.17) is 5.11 Å². The van der Waals surface area contributed by atoms with Crippen molar-refractivity contribution in [3.8, 4) is 0 Å². The Kier molecular flexibility index (Phi) is 5.58. The Morgan fingerprint density at radius 1 is 1.33 bits per heavy atom. The number of amides is 1. The van der Waals surface area contributed by atoms with Crippen LogP contribution in [0, 0.1) is 6.92 Å². The summed E-state index contributed by atoms with van der Waals surface area (Å²) in [5.74, 6) is -0.264. The predicted octanol–water partition coefficient (Wildman–Crippen LogP) is 0.918. The van der Waals surface area contributed by atoms with Crippen LogP contribution in [-0.4, -0.2) is 41.1 Å². The average Bonchev–Trinajstić information content (AvgIpc) is 2.33. The summed E-state index contributed by atoms with van der Waals surface area (Å²) < 4.78 is 0. The van der Waals surface area contributed by atoms with Gasteiger partial charge in [-0.05, 0) is 38.3 Å². The molecule has 18 heavy (non-hydrogen) atoms. The van der Waals surface area contributed by atoms with E-state index in [1.54, 1.807) is 26.1 Å². The number of carbonyl (C=O) groups excluding carboxylic acids is 1. The Bertz CT molecular complexity index is 454. The highest BCUT2D eigenvalue weighted by Gasteiger charge is 2.14. The summed E-state index contributed by atoms with van der Waals surface area (Å²) in [7, 11) is 1.68. The molecule has 0 spiro atoms. The molecule has 5 heteroatoms. The summed E-state index contributed by atoms with van der Waals surface area (Å²) in [5.41, 5.74) is 0.564. The number of nitrogens with one attached hydrogen (secondary N) is 1. The second kappa shape index (κ2) is 6.96. The van der Waals surface area contributed by atoms with Crippen molar-refractivity contribution in [2.75, 3.05) is 20.2 Å². The van der Waals surface area contributed by atoms with E-state index in [2.05, 4.69) is 4.98 Å². The van der Waals surface area contributed by atoms with Crippen LogP contribution in [0.2, 0.25) is 0 Å². The van der Waals surface area contributed by atoms with Gasteiger partial charge in [-0.25, -0.2) is 0 Å². The monoisotopic (exact) mass is 252 g/mol. The molecule has 5 nitrogen and oxygen atoms in total. The fourth-order valence-corrected chi connectivity index (χ4v) is 1.69. The Labute approximate surface area is 106 Å². The number of unbranched alkanes of at least 4 members (excludes halogenated alkanes) is 2. The minimum absolute atomic E-state index is 0.172. The molecule has 0 atom stereocenters. The first-order valence-corrected chi connectivity index (χ1v) is 6.12. The molecule has 1 aromatic heterocycles.